The summed E-state index contributed by atoms with van der Waals surface area (Å²) in [4.78, 5) is 16.6. The van der Waals surface area contributed by atoms with E-state index < -0.39 is 0 Å². The van der Waals surface area contributed by atoms with Gasteiger partial charge in [-0.3, -0.25) is 4.90 Å². The van der Waals surface area contributed by atoms with Gasteiger partial charge in [-0.05, 0) is 38.8 Å². The van der Waals surface area contributed by atoms with E-state index in [2.05, 4.69) is 22.3 Å². The molecule has 4 nitrogen and oxygen atoms in total. The van der Waals surface area contributed by atoms with E-state index in [-0.39, 0.29) is 12.1 Å². The van der Waals surface area contributed by atoms with Gasteiger partial charge >= 0.3 is 6.03 Å². The van der Waals surface area contributed by atoms with Gasteiger partial charge in [-0.1, -0.05) is 12.1 Å². The van der Waals surface area contributed by atoms with Gasteiger partial charge in [-0.2, -0.15) is 0 Å². The molecule has 0 bridgehead atoms. The summed E-state index contributed by atoms with van der Waals surface area (Å²) in [7, 11) is 0. The fourth-order valence-corrected chi connectivity index (χ4v) is 2.69. The molecule has 2 amide bonds. The Labute approximate surface area is 114 Å². The quantitative estimate of drug-likeness (QED) is 0.886. The number of amides is 2. The fraction of sp³-hybridized carbons (Fsp3) is 0.533. The number of fused-ring (bicyclic) bond motifs is 1. The molecule has 1 aromatic carbocycles. The molecule has 1 N–H and O–H groups in total. The summed E-state index contributed by atoms with van der Waals surface area (Å²) in [5.41, 5.74) is 2.24. The first-order valence-electron chi connectivity index (χ1n) is 7.10. The topological polar surface area (TPSA) is 35.6 Å². The number of anilines is 2. The van der Waals surface area contributed by atoms with Crippen molar-refractivity contribution in [3.8, 4) is 0 Å². The summed E-state index contributed by atoms with van der Waals surface area (Å²) in [6.45, 7) is 5.69. The van der Waals surface area contributed by atoms with Crippen LogP contribution in [0, 0.1) is 0 Å². The van der Waals surface area contributed by atoms with E-state index in [1.165, 1.54) is 18.5 Å². The molecule has 3 rings (SSSR count). The summed E-state index contributed by atoms with van der Waals surface area (Å²) in [6.07, 6.45) is 2.57. The third-order valence-electron chi connectivity index (χ3n) is 3.69. The predicted molar refractivity (Wildman–Crippen MR) is 77.8 cm³/mol. The van der Waals surface area contributed by atoms with Gasteiger partial charge in [0, 0.05) is 25.2 Å². The molecule has 1 aliphatic carbocycles. The third kappa shape index (κ3) is 2.39. The number of nitrogens with one attached hydrogen (secondary N) is 1. The lowest BCUT2D eigenvalue weighted by molar-refractivity contribution is 0.244. The number of para-hydroxylation sites is 2. The van der Waals surface area contributed by atoms with Gasteiger partial charge in [0.05, 0.1) is 11.4 Å². The zero-order valence-electron chi connectivity index (χ0n) is 11.6. The smallest absolute Gasteiger partial charge is 0.322 e. The predicted octanol–water partition coefficient (Wildman–Crippen LogP) is 2.59. The average molecular weight is 259 g/mol. The van der Waals surface area contributed by atoms with Crippen LogP contribution in [0.4, 0.5) is 16.2 Å². The SMILES string of the molecule is CC(C)NC(=O)N1CCN(C2CC2)c2ccccc21. The number of rotatable bonds is 2. The number of urea groups is 1. The Balaban J connectivity index is 1.88. The standard InChI is InChI=1S/C15H21N3O/c1-11(2)16-15(19)18-10-9-17(12-7-8-12)13-5-3-4-6-14(13)18/h3-6,11-12H,7-10H2,1-2H3,(H,16,19). The van der Waals surface area contributed by atoms with Crippen LogP contribution in [0.15, 0.2) is 24.3 Å². The lowest BCUT2D eigenvalue weighted by Gasteiger charge is -2.38. The zero-order valence-corrected chi connectivity index (χ0v) is 11.6. The molecule has 0 unspecified atom stereocenters. The highest BCUT2D eigenvalue weighted by Gasteiger charge is 2.35. The van der Waals surface area contributed by atoms with E-state index in [0.29, 0.717) is 6.04 Å². The van der Waals surface area contributed by atoms with Crippen molar-refractivity contribution in [1.82, 2.24) is 5.32 Å². The lowest BCUT2D eigenvalue weighted by Crippen LogP contribution is -2.50. The van der Waals surface area contributed by atoms with Crippen molar-refractivity contribution in [2.24, 2.45) is 0 Å². The summed E-state index contributed by atoms with van der Waals surface area (Å²) < 4.78 is 0. The molecular formula is C15H21N3O. The van der Waals surface area contributed by atoms with Crippen LogP contribution >= 0.6 is 0 Å². The molecule has 1 fully saturated rings. The van der Waals surface area contributed by atoms with Crippen LogP contribution in [0.25, 0.3) is 0 Å². The average Bonchev–Trinajstić information content (AvgIpc) is 3.20. The van der Waals surface area contributed by atoms with Crippen LogP contribution in [0.5, 0.6) is 0 Å². The molecule has 1 aromatic rings. The molecule has 1 aliphatic heterocycles. The van der Waals surface area contributed by atoms with E-state index in [0.717, 1.165) is 18.8 Å². The van der Waals surface area contributed by atoms with Crippen LogP contribution in [0.3, 0.4) is 0 Å². The van der Waals surface area contributed by atoms with Crippen molar-refractivity contribution in [2.75, 3.05) is 22.9 Å². The number of benzene rings is 1. The molecule has 2 aliphatic rings. The van der Waals surface area contributed by atoms with Crippen LogP contribution in [0.2, 0.25) is 0 Å². The molecule has 1 saturated carbocycles. The summed E-state index contributed by atoms with van der Waals surface area (Å²) in [5, 5.41) is 2.98. The second kappa shape index (κ2) is 4.76. The van der Waals surface area contributed by atoms with Gasteiger partial charge in [0.25, 0.3) is 0 Å². The highest BCUT2D eigenvalue weighted by molar-refractivity contribution is 5.97. The van der Waals surface area contributed by atoms with E-state index >= 15 is 0 Å². The molecule has 0 spiro atoms. The Morgan fingerprint density at radius 2 is 1.89 bits per heavy atom. The maximum Gasteiger partial charge on any atom is 0.322 e. The molecule has 0 aromatic heterocycles. The van der Waals surface area contributed by atoms with Crippen LogP contribution in [0.1, 0.15) is 26.7 Å². The van der Waals surface area contributed by atoms with Crippen LogP contribution in [-0.2, 0) is 0 Å². The van der Waals surface area contributed by atoms with Crippen molar-refractivity contribution in [1.29, 1.82) is 0 Å². The Morgan fingerprint density at radius 3 is 2.53 bits per heavy atom. The first-order valence-corrected chi connectivity index (χ1v) is 7.10. The number of nitrogens with zero attached hydrogens (tertiary/aromatic N) is 2. The fourth-order valence-electron chi connectivity index (χ4n) is 2.69. The summed E-state index contributed by atoms with van der Waals surface area (Å²) in [6, 6.07) is 9.10. The van der Waals surface area contributed by atoms with Crippen molar-refractivity contribution in [3.63, 3.8) is 0 Å². The summed E-state index contributed by atoms with van der Waals surface area (Å²) in [5.74, 6) is 0. The Kier molecular flexibility index (Phi) is 3.09. The van der Waals surface area contributed by atoms with Crippen LogP contribution < -0.4 is 15.1 Å². The molecular weight excluding hydrogens is 238 g/mol. The molecule has 102 valence electrons. The number of hydrogen-bond acceptors (Lipinski definition) is 2. The molecule has 0 radical (unpaired) electrons. The van der Waals surface area contributed by atoms with Crippen molar-refractivity contribution in [3.05, 3.63) is 24.3 Å². The minimum Gasteiger partial charge on any atom is -0.365 e. The van der Waals surface area contributed by atoms with Crippen molar-refractivity contribution >= 4 is 17.4 Å². The number of carbonyl (C=O) groups is 1. The maximum atomic E-state index is 12.3. The second-order valence-electron chi connectivity index (χ2n) is 5.67. The van der Waals surface area contributed by atoms with Gasteiger partial charge in [-0.25, -0.2) is 4.79 Å². The molecule has 19 heavy (non-hydrogen) atoms. The van der Waals surface area contributed by atoms with E-state index in [1.54, 1.807) is 0 Å². The Hall–Kier alpha value is -1.71. The third-order valence-corrected chi connectivity index (χ3v) is 3.69. The lowest BCUT2D eigenvalue weighted by atomic mass is 10.1. The Morgan fingerprint density at radius 1 is 1.21 bits per heavy atom. The van der Waals surface area contributed by atoms with E-state index in [4.69, 9.17) is 0 Å². The second-order valence-corrected chi connectivity index (χ2v) is 5.67. The highest BCUT2D eigenvalue weighted by atomic mass is 16.2. The largest absolute Gasteiger partial charge is 0.365 e. The number of hydrogen-bond donors (Lipinski definition) is 1. The first-order chi connectivity index (χ1) is 9.16. The molecule has 1 heterocycles. The minimum absolute atomic E-state index is 0.0119. The maximum absolute atomic E-state index is 12.3. The highest BCUT2D eigenvalue weighted by Crippen LogP contribution is 2.39. The minimum atomic E-state index is 0.0119. The van der Waals surface area contributed by atoms with Crippen molar-refractivity contribution < 1.29 is 4.79 Å². The molecule has 0 saturated heterocycles. The van der Waals surface area contributed by atoms with Gasteiger partial charge < -0.3 is 10.2 Å². The monoisotopic (exact) mass is 259 g/mol. The number of carbonyl (C=O) groups excluding carboxylic acids is 1. The van der Waals surface area contributed by atoms with Gasteiger partial charge in [0.15, 0.2) is 0 Å². The normalized spacial score (nSPS) is 18.5. The van der Waals surface area contributed by atoms with Crippen LogP contribution in [-0.4, -0.2) is 31.2 Å². The van der Waals surface area contributed by atoms with Gasteiger partial charge in [-0.15, -0.1) is 0 Å². The zero-order chi connectivity index (χ0) is 13.4. The van der Waals surface area contributed by atoms with E-state index in [9.17, 15) is 4.79 Å². The Bertz CT molecular complexity index is 482. The van der Waals surface area contributed by atoms with Gasteiger partial charge in [0.2, 0.25) is 0 Å². The summed E-state index contributed by atoms with van der Waals surface area (Å²) >= 11 is 0. The molecule has 4 heteroatoms. The molecule has 0 atom stereocenters. The van der Waals surface area contributed by atoms with Gasteiger partial charge in [0.1, 0.15) is 0 Å². The van der Waals surface area contributed by atoms with E-state index in [1.807, 2.05) is 30.9 Å². The van der Waals surface area contributed by atoms with Crippen molar-refractivity contribution in [2.45, 2.75) is 38.8 Å². The first kappa shape index (κ1) is 12.3.